The Hall–Kier alpha value is -1.44. The van der Waals surface area contributed by atoms with Gasteiger partial charge in [-0.15, -0.1) is 0 Å². The van der Waals surface area contributed by atoms with Crippen molar-refractivity contribution < 1.29 is 17.6 Å². The van der Waals surface area contributed by atoms with Gasteiger partial charge < -0.3 is 5.32 Å². The molecule has 0 spiro atoms. The lowest BCUT2D eigenvalue weighted by Gasteiger charge is -2.08. The molecule has 1 N–H and O–H groups in total. The standard InChI is InChI=1S/C15H12BrClFNO3S/c16-11-3-6-14(13(18)7-11)19-15(20)9-23(21,22)8-10-1-4-12(17)5-2-10/h1-7H,8-9H2,(H,19,20). The number of benzene rings is 2. The summed E-state index contributed by atoms with van der Waals surface area (Å²) in [7, 11) is -3.67. The molecule has 122 valence electrons. The van der Waals surface area contributed by atoms with Crippen molar-refractivity contribution in [1.29, 1.82) is 0 Å². The molecule has 0 aliphatic rings. The number of rotatable bonds is 5. The number of hydrogen-bond donors (Lipinski definition) is 1. The largest absolute Gasteiger partial charge is 0.323 e. The lowest BCUT2D eigenvalue weighted by Crippen LogP contribution is -2.24. The van der Waals surface area contributed by atoms with Gasteiger partial charge in [0.25, 0.3) is 0 Å². The van der Waals surface area contributed by atoms with Gasteiger partial charge >= 0.3 is 0 Å². The monoisotopic (exact) mass is 419 g/mol. The fourth-order valence-electron chi connectivity index (χ4n) is 1.86. The van der Waals surface area contributed by atoms with Crippen LogP contribution in [-0.4, -0.2) is 20.1 Å². The van der Waals surface area contributed by atoms with E-state index >= 15 is 0 Å². The summed E-state index contributed by atoms with van der Waals surface area (Å²) in [5.41, 5.74) is 0.455. The summed E-state index contributed by atoms with van der Waals surface area (Å²) in [6.45, 7) is 0. The van der Waals surface area contributed by atoms with E-state index in [4.69, 9.17) is 11.6 Å². The molecular weight excluding hydrogens is 409 g/mol. The summed E-state index contributed by atoms with van der Waals surface area (Å²) in [6.07, 6.45) is 0. The Morgan fingerprint density at radius 3 is 2.43 bits per heavy atom. The molecule has 0 bridgehead atoms. The predicted molar refractivity (Wildman–Crippen MR) is 91.7 cm³/mol. The molecule has 0 saturated heterocycles. The second kappa shape index (κ2) is 7.42. The quantitative estimate of drug-likeness (QED) is 0.800. The van der Waals surface area contributed by atoms with E-state index < -0.39 is 27.3 Å². The summed E-state index contributed by atoms with van der Waals surface area (Å²) in [6, 6.07) is 10.4. The minimum atomic E-state index is -3.67. The molecule has 0 aliphatic heterocycles. The third-order valence-electron chi connectivity index (χ3n) is 2.86. The van der Waals surface area contributed by atoms with Gasteiger partial charge in [0.1, 0.15) is 11.6 Å². The molecule has 0 saturated carbocycles. The molecule has 0 heterocycles. The molecule has 2 aromatic carbocycles. The Morgan fingerprint density at radius 2 is 1.83 bits per heavy atom. The van der Waals surface area contributed by atoms with Crippen molar-refractivity contribution in [3.05, 3.63) is 63.3 Å². The average molecular weight is 421 g/mol. The summed E-state index contributed by atoms with van der Waals surface area (Å²) >= 11 is 8.83. The van der Waals surface area contributed by atoms with Gasteiger partial charge in [-0.25, -0.2) is 12.8 Å². The van der Waals surface area contributed by atoms with Crippen molar-refractivity contribution >= 4 is 49.0 Å². The lowest BCUT2D eigenvalue weighted by atomic mass is 10.2. The molecule has 0 atom stereocenters. The molecule has 1 amide bonds. The molecular formula is C15H12BrClFNO3S. The van der Waals surface area contributed by atoms with Crippen LogP contribution >= 0.6 is 27.5 Å². The summed E-state index contributed by atoms with van der Waals surface area (Å²) in [5.74, 6) is -2.46. The van der Waals surface area contributed by atoms with E-state index in [2.05, 4.69) is 21.2 Å². The minimum absolute atomic E-state index is 0.0695. The van der Waals surface area contributed by atoms with Crippen LogP contribution in [0.15, 0.2) is 46.9 Å². The van der Waals surface area contributed by atoms with Crippen LogP contribution in [0.1, 0.15) is 5.56 Å². The third-order valence-corrected chi connectivity index (χ3v) is 5.08. The zero-order valence-electron chi connectivity index (χ0n) is 11.7. The topological polar surface area (TPSA) is 63.2 Å². The fourth-order valence-corrected chi connectivity index (χ4v) is 3.60. The molecule has 0 unspecified atom stereocenters. The van der Waals surface area contributed by atoms with Crippen LogP contribution in [0.3, 0.4) is 0 Å². The highest BCUT2D eigenvalue weighted by atomic mass is 79.9. The summed E-state index contributed by atoms with van der Waals surface area (Å²) in [4.78, 5) is 11.8. The number of amides is 1. The Bertz CT molecular complexity index is 825. The van der Waals surface area contributed by atoms with Crippen LogP contribution in [-0.2, 0) is 20.4 Å². The highest BCUT2D eigenvalue weighted by molar-refractivity contribution is 9.10. The van der Waals surface area contributed by atoms with E-state index in [-0.39, 0.29) is 11.4 Å². The van der Waals surface area contributed by atoms with Crippen molar-refractivity contribution in [1.82, 2.24) is 0 Å². The number of nitrogens with one attached hydrogen (secondary N) is 1. The van der Waals surface area contributed by atoms with Gasteiger partial charge in [0.2, 0.25) is 5.91 Å². The Morgan fingerprint density at radius 1 is 1.17 bits per heavy atom. The first kappa shape index (κ1) is 17.9. The van der Waals surface area contributed by atoms with Crippen molar-refractivity contribution in [2.24, 2.45) is 0 Å². The SMILES string of the molecule is O=C(CS(=O)(=O)Cc1ccc(Cl)cc1)Nc1ccc(Br)cc1F. The van der Waals surface area contributed by atoms with E-state index in [0.29, 0.717) is 15.1 Å². The predicted octanol–water partition coefficient (Wildman–Crippen LogP) is 3.80. The smallest absolute Gasteiger partial charge is 0.239 e. The molecule has 0 fully saturated rings. The lowest BCUT2D eigenvalue weighted by molar-refractivity contribution is -0.113. The second-order valence-electron chi connectivity index (χ2n) is 4.83. The van der Waals surface area contributed by atoms with Crippen LogP contribution < -0.4 is 5.32 Å². The van der Waals surface area contributed by atoms with Gasteiger partial charge in [0.15, 0.2) is 9.84 Å². The minimum Gasteiger partial charge on any atom is -0.323 e. The molecule has 0 radical (unpaired) electrons. The summed E-state index contributed by atoms with van der Waals surface area (Å²) < 4.78 is 38.2. The van der Waals surface area contributed by atoms with E-state index in [9.17, 15) is 17.6 Å². The Balaban J connectivity index is 2.02. The highest BCUT2D eigenvalue weighted by Crippen LogP contribution is 2.19. The maximum Gasteiger partial charge on any atom is 0.239 e. The Labute approximate surface area is 146 Å². The third kappa shape index (κ3) is 5.60. The normalized spacial score (nSPS) is 11.3. The van der Waals surface area contributed by atoms with Gasteiger partial charge in [-0.1, -0.05) is 39.7 Å². The van der Waals surface area contributed by atoms with E-state index in [1.807, 2.05) is 0 Å². The van der Waals surface area contributed by atoms with Gasteiger partial charge in [0.05, 0.1) is 11.4 Å². The Kier molecular flexibility index (Phi) is 5.78. The molecule has 2 aromatic rings. The zero-order valence-corrected chi connectivity index (χ0v) is 14.9. The van der Waals surface area contributed by atoms with Crippen molar-refractivity contribution in [3.8, 4) is 0 Å². The van der Waals surface area contributed by atoms with E-state index in [0.717, 1.165) is 0 Å². The number of carbonyl (C=O) groups is 1. The number of hydrogen-bond acceptors (Lipinski definition) is 3. The van der Waals surface area contributed by atoms with Crippen molar-refractivity contribution in [3.63, 3.8) is 0 Å². The number of sulfone groups is 1. The van der Waals surface area contributed by atoms with Gasteiger partial charge in [-0.3, -0.25) is 4.79 Å². The molecule has 0 aliphatic carbocycles. The number of anilines is 1. The average Bonchev–Trinajstić information content (AvgIpc) is 2.43. The van der Waals surface area contributed by atoms with Gasteiger partial charge in [-0.05, 0) is 35.9 Å². The highest BCUT2D eigenvalue weighted by Gasteiger charge is 2.18. The van der Waals surface area contributed by atoms with Crippen LogP contribution in [0.2, 0.25) is 5.02 Å². The number of halogens is 3. The van der Waals surface area contributed by atoms with Crippen LogP contribution in [0.5, 0.6) is 0 Å². The molecule has 2 rings (SSSR count). The molecule has 4 nitrogen and oxygen atoms in total. The van der Waals surface area contributed by atoms with Crippen LogP contribution in [0.25, 0.3) is 0 Å². The first-order chi connectivity index (χ1) is 10.7. The van der Waals surface area contributed by atoms with Crippen LogP contribution in [0.4, 0.5) is 10.1 Å². The first-order valence-corrected chi connectivity index (χ1v) is 9.44. The van der Waals surface area contributed by atoms with Crippen LogP contribution in [0, 0.1) is 5.82 Å². The van der Waals surface area contributed by atoms with Gasteiger partial charge in [0, 0.05) is 9.50 Å². The first-order valence-electron chi connectivity index (χ1n) is 6.45. The molecule has 8 heteroatoms. The summed E-state index contributed by atoms with van der Waals surface area (Å²) in [5, 5.41) is 2.75. The van der Waals surface area contributed by atoms with Gasteiger partial charge in [-0.2, -0.15) is 0 Å². The fraction of sp³-hybridized carbons (Fsp3) is 0.133. The maximum absolute atomic E-state index is 13.6. The molecule has 0 aromatic heterocycles. The zero-order chi connectivity index (χ0) is 17.0. The maximum atomic E-state index is 13.6. The number of carbonyl (C=O) groups excluding carboxylic acids is 1. The van der Waals surface area contributed by atoms with Crippen molar-refractivity contribution in [2.45, 2.75) is 5.75 Å². The second-order valence-corrected chi connectivity index (χ2v) is 8.25. The van der Waals surface area contributed by atoms with E-state index in [1.165, 1.54) is 12.1 Å². The van der Waals surface area contributed by atoms with Crippen molar-refractivity contribution in [2.75, 3.05) is 11.1 Å². The van der Waals surface area contributed by atoms with E-state index in [1.54, 1.807) is 30.3 Å². The molecule has 23 heavy (non-hydrogen) atoms.